The van der Waals surface area contributed by atoms with Crippen LogP contribution in [0.25, 0.3) is 10.9 Å². The van der Waals surface area contributed by atoms with Crippen LogP contribution in [-0.4, -0.2) is 59.7 Å². The number of piperidine rings is 1. The number of rotatable bonds is 6. The summed E-state index contributed by atoms with van der Waals surface area (Å²) >= 11 is 0. The first-order valence-corrected chi connectivity index (χ1v) is 11.1. The Balaban J connectivity index is 1.92. The monoisotopic (exact) mass is 412 g/mol. The van der Waals surface area contributed by atoms with E-state index in [4.69, 9.17) is 10.1 Å². The van der Waals surface area contributed by atoms with Crippen molar-refractivity contribution in [3.05, 3.63) is 35.0 Å². The van der Waals surface area contributed by atoms with Crippen LogP contribution >= 0.6 is 0 Å². The van der Waals surface area contributed by atoms with Gasteiger partial charge in [0.25, 0.3) is 5.91 Å². The Morgan fingerprint density at radius 3 is 2.53 bits per heavy atom. The van der Waals surface area contributed by atoms with Crippen molar-refractivity contribution < 1.29 is 9.90 Å². The number of carbonyl (C=O) groups excluding carboxylic acids is 1. The van der Waals surface area contributed by atoms with Crippen molar-refractivity contribution in [3.63, 3.8) is 0 Å². The van der Waals surface area contributed by atoms with Gasteiger partial charge in [-0.05, 0) is 61.4 Å². The van der Waals surface area contributed by atoms with Crippen LogP contribution in [0.15, 0.2) is 18.2 Å². The van der Waals surface area contributed by atoms with Crippen molar-refractivity contribution in [2.24, 2.45) is 0 Å². The number of aryl methyl sites for hydroxylation is 1. The highest BCUT2D eigenvalue weighted by Gasteiger charge is 2.26. The zero-order chi connectivity index (χ0) is 21.9. The van der Waals surface area contributed by atoms with Crippen molar-refractivity contribution >= 4 is 22.5 Å². The average Bonchev–Trinajstić information content (AvgIpc) is 2.71. The van der Waals surface area contributed by atoms with Crippen LogP contribution < -0.4 is 10.6 Å². The molecule has 1 aliphatic rings. The molecule has 1 fully saturated rings. The fourth-order valence-corrected chi connectivity index (χ4v) is 4.20. The minimum absolute atomic E-state index is 0.0104. The SMILES string of the molecule is CCNc1cc(C(C)(C)C)c2nc(C(=O)N3CCC(NCCO)CC3)cc(C)c2c1. The fraction of sp³-hybridized carbons (Fsp3) is 0.583. The molecule has 1 saturated heterocycles. The largest absolute Gasteiger partial charge is 0.395 e. The number of hydrogen-bond acceptors (Lipinski definition) is 5. The molecule has 1 aromatic heterocycles. The van der Waals surface area contributed by atoms with Crippen molar-refractivity contribution in [3.8, 4) is 0 Å². The van der Waals surface area contributed by atoms with Crippen molar-refractivity contribution in [2.75, 3.05) is 38.1 Å². The number of anilines is 1. The van der Waals surface area contributed by atoms with E-state index < -0.39 is 0 Å². The number of carbonyl (C=O) groups is 1. The van der Waals surface area contributed by atoms with Crippen LogP contribution in [0.3, 0.4) is 0 Å². The molecule has 3 N–H and O–H groups in total. The Hall–Kier alpha value is -2.18. The standard InChI is InChI=1S/C24H36N4O2/c1-6-25-18-14-19-16(2)13-21(27-22(19)20(15-18)24(3,4)5)23(30)28-10-7-17(8-11-28)26-9-12-29/h13-15,17,25-26,29H,6-12H2,1-5H3. The third-order valence-corrected chi connectivity index (χ3v) is 5.86. The fourth-order valence-electron chi connectivity index (χ4n) is 4.20. The Morgan fingerprint density at radius 1 is 1.23 bits per heavy atom. The van der Waals surface area contributed by atoms with Gasteiger partial charge in [-0.3, -0.25) is 4.79 Å². The van der Waals surface area contributed by atoms with E-state index in [1.54, 1.807) is 0 Å². The van der Waals surface area contributed by atoms with Crippen LogP contribution in [0.1, 0.15) is 62.2 Å². The molecule has 2 heterocycles. The Labute approximate surface area is 180 Å². The highest BCUT2D eigenvalue weighted by Crippen LogP contribution is 2.34. The first kappa shape index (κ1) is 22.5. The number of aromatic nitrogens is 1. The topological polar surface area (TPSA) is 77.5 Å². The molecule has 30 heavy (non-hydrogen) atoms. The number of hydrogen-bond donors (Lipinski definition) is 3. The Bertz CT molecular complexity index is 896. The number of nitrogens with zero attached hydrogens (tertiary/aromatic N) is 2. The normalized spacial score (nSPS) is 15.6. The molecule has 0 aliphatic carbocycles. The molecule has 0 saturated carbocycles. The van der Waals surface area contributed by atoms with E-state index >= 15 is 0 Å². The molecule has 0 spiro atoms. The second-order valence-electron chi connectivity index (χ2n) is 9.27. The van der Waals surface area contributed by atoms with Crippen LogP contribution in [0.4, 0.5) is 5.69 Å². The Kier molecular flexibility index (Phi) is 6.98. The molecule has 2 aromatic rings. The lowest BCUT2D eigenvalue weighted by Crippen LogP contribution is -2.45. The first-order valence-electron chi connectivity index (χ1n) is 11.1. The van der Waals surface area contributed by atoms with Gasteiger partial charge >= 0.3 is 0 Å². The second kappa shape index (κ2) is 9.31. The molecule has 6 heteroatoms. The van der Waals surface area contributed by atoms with Crippen LogP contribution in [0, 0.1) is 6.92 Å². The number of likely N-dealkylation sites (tertiary alicyclic amines) is 1. The molecular weight excluding hydrogens is 376 g/mol. The smallest absolute Gasteiger partial charge is 0.272 e. The lowest BCUT2D eigenvalue weighted by Gasteiger charge is -2.32. The van der Waals surface area contributed by atoms with Crippen molar-refractivity contribution in [2.45, 2.75) is 58.9 Å². The van der Waals surface area contributed by atoms with E-state index in [2.05, 4.69) is 57.4 Å². The summed E-state index contributed by atoms with van der Waals surface area (Å²) in [6.07, 6.45) is 1.80. The summed E-state index contributed by atoms with van der Waals surface area (Å²) in [5, 5.41) is 16.8. The van der Waals surface area contributed by atoms with Crippen LogP contribution in [0.5, 0.6) is 0 Å². The first-order chi connectivity index (χ1) is 14.2. The molecular formula is C24H36N4O2. The van der Waals surface area contributed by atoms with E-state index in [1.807, 2.05) is 11.0 Å². The highest BCUT2D eigenvalue weighted by molar-refractivity contribution is 5.97. The summed E-state index contributed by atoms with van der Waals surface area (Å²) in [5.74, 6) is 0.0104. The molecule has 1 aromatic carbocycles. The van der Waals surface area contributed by atoms with Crippen molar-refractivity contribution in [1.82, 2.24) is 15.2 Å². The summed E-state index contributed by atoms with van der Waals surface area (Å²) < 4.78 is 0. The van der Waals surface area contributed by atoms with Crippen molar-refractivity contribution in [1.29, 1.82) is 0 Å². The lowest BCUT2D eigenvalue weighted by atomic mass is 9.84. The lowest BCUT2D eigenvalue weighted by molar-refractivity contribution is 0.0698. The minimum Gasteiger partial charge on any atom is -0.395 e. The predicted molar refractivity (Wildman–Crippen MR) is 123 cm³/mol. The van der Waals surface area contributed by atoms with Gasteiger partial charge in [0.05, 0.1) is 12.1 Å². The summed E-state index contributed by atoms with van der Waals surface area (Å²) in [6.45, 7) is 13.8. The van der Waals surface area contributed by atoms with Gasteiger partial charge in [0.15, 0.2) is 0 Å². The van der Waals surface area contributed by atoms with Gasteiger partial charge in [0.2, 0.25) is 0 Å². The van der Waals surface area contributed by atoms with Gasteiger partial charge in [-0.25, -0.2) is 4.98 Å². The van der Waals surface area contributed by atoms with Gasteiger partial charge in [-0.1, -0.05) is 20.8 Å². The zero-order valence-electron chi connectivity index (χ0n) is 19.0. The summed E-state index contributed by atoms with van der Waals surface area (Å²) in [4.78, 5) is 20.0. The second-order valence-corrected chi connectivity index (χ2v) is 9.27. The maximum absolute atomic E-state index is 13.2. The van der Waals surface area contributed by atoms with Crippen LogP contribution in [-0.2, 0) is 5.41 Å². The number of aliphatic hydroxyl groups is 1. The number of amides is 1. The summed E-state index contributed by atoms with van der Waals surface area (Å²) in [6, 6.07) is 6.61. The van der Waals surface area contributed by atoms with E-state index in [1.165, 1.54) is 0 Å². The van der Waals surface area contributed by atoms with Gasteiger partial charge in [-0.2, -0.15) is 0 Å². The molecule has 6 nitrogen and oxygen atoms in total. The average molecular weight is 413 g/mol. The molecule has 0 bridgehead atoms. The van der Waals surface area contributed by atoms with Gasteiger partial charge in [-0.15, -0.1) is 0 Å². The molecule has 164 valence electrons. The molecule has 1 aliphatic heterocycles. The molecule has 0 unspecified atom stereocenters. The quantitative estimate of drug-likeness (QED) is 0.677. The Morgan fingerprint density at radius 2 is 1.93 bits per heavy atom. The molecule has 0 radical (unpaired) electrons. The highest BCUT2D eigenvalue weighted by atomic mass is 16.3. The molecule has 0 atom stereocenters. The van der Waals surface area contributed by atoms with E-state index in [-0.39, 0.29) is 17.9 Å². The van der Waals surface area contributed by atoms with Crippen LogP contribution in [0.2, 0.25) is 0 Å². The zero-order valence-corrected chi connectivity index (χ0v) is 19.0. The number of nitrogens with one attached hydrogen (secondary N) is 2. The van der Waals surface area contributed by atoms with E-state index in [9.17, 15) is 4.79 Å². The third-order valence-electron chi connectivity index (χ3n) is 5.86. The van der Waals surface area contributed by atoms with Gasteiger partial charge < -0.3 is 20.6 Å². The third kappa shape index (κ3) is 4.93. The minimum atomic E-state index is -0.0818. The van der Waals surface area contributed by atoms with E-state index in [0.717, 1.165) is 47.1 Å². The van der Waals surface area contributed by atoms with E-state index in [0.29, 0.717) is 31.4 Å². The number of fused-ring (bicyclic) bond motifs is 1. The molecule has 1 amide bonds. The summed E-state index contributed by atoms with van der Waals surface area (Å²) in [5.41, 5.74) is 4.70. The van der Waals surface area contributed by atoms with Gasteiger partial charge in [0, 0.05) is 43.3 Å². The predicted octanol–water partition coefficient (Wildman–Crippen LogP) is 3.46. The summed E-state index contributed by atoms with van der Waals surface area (Å²) in [7, 11) is 0. The molecule has 3 rings (SSSR count). The maximum Gasteiger partial charge on any atom is 0.272 e. The van der Waals surface area contributed by atoms with Gasteiger partial charge in [0.1, 0.15) is 5.69 Å². The maximum atomic E-state index is 13.2. The number of benzene rings is 1. The number of pyridine rings is 1. The number of aliphatic hydroxyl groups excluding tert-OH is 1.